The number of nitrogens with zero attached hydrogens (tertiary/aromatic N) is 2. The van der Waals surface area contributed by atoms with Crippen LogP contribution in [0, 0.1) is 5.41 Å². The molecule has 1 unspecified atom stereocenters. The summed E-state index contributed by atoms with van der Waals surface area (Å²) in [5, 5.41) is 12.9. The van der Waals surface area contributed by atoms with E-state index in [1.165, 1.54) is 13.0 Å². The van der Waals surface area contributed by atoms with E-state index in [2.05, 4.69) is 45.1 Å². The van der Waals surface area contributed by atoms with Gasteiger partial charge >= 0.3 is 0 Å². The van der Waals surface area contributed by atoms with Gasteiger partial charge in [0.25, 0.3) is 5.91 Å². The van der Waals surface area contributed by atoms with Gasteiger partial charge in [-0.25, -0.2) is 13.6 Å². The fourth-order valence-electron chi connectivity index (χ4n) is 2.73. The Hall–Kier alpha value is -2.97. The van der Waals surface area contributed by atoms with Crippen molar-refractivity contribution in [3.63, 3.8) is 0 Å². The Morgan fingerprint density at radius 2 is 1.95 bits per heavy atom. The van der Waals surface area contributed by atoms with E-state index < -0.39 is 20.0 Å². The van der Waals surface area contributed by atoms with E-state index in [4.69, 9.17) is 5.41 Å². The molecule has 2 amide bonds. The van der Waals surface area contributed by atoms with Crippen LogP contribution in [0.3, 0.4) is 0 Å². The molecule has 40 heavy (non-hydrogen) atoms. The van der Waals surface area contributed by atoms with Crippen LogP contribution >= 0.6 is 24.2 Å². The Labute approximate surface area is 248 Å². The summed E-state index contributed by atoms with van der Waals surface area (Å²) in [4.78, 5) is 28.7. The number of nitrogens with one attached hydrogen (secondary N) is 3. The minimum atomic E-state index is -1.60. The Morgan fingerprint density at radius 3 is 2.48 bits per heavy atom. The van der Waals surface area contributed by atoms with Crippen LogP contribution < -0.4 is 10.6 Å². The number of hydrogen-bond donors (Lipinski definition) is 3. The van der Waals surface area contributed by atoms with E-state index in [0.29, 0.717) is 30.1 Å². The third-order valence-corrected chi connectivity index (χ3v) is 5.79. The van der Waals surface area contributed by atoms with Crippen molar-refractivity contribution in [2.24, 2.45) is 4.99 Å². The highest BCUT2D eigenvalue weighted by Crippen LogP contribution is 2.35. The van der Waals surface area contributed by atoms with Crippen molar-refractivity contribution in [3.8, 4) is 0 Å². The number of amidine groups is 2. The first-order valence-corrected chi connectivity index (χ1v) is 15.4. The van der Waals surface area contributed by atoms with Gasteiger partial charge in [-0.15, -0.1) is 0 Å². The van der Waals surface area contributed by atoms with Gasteiger partial charge < -0.3 is 15.5 Å². The molecule has 1 atom stereocenters. The van der Waals surface area contributed by atoms with Gasteiger partial charge in [0, 0.05) is 41.1 Å². The van der Waals surface area contributed by atoms with Crippen LogP contribution in [-0.2, 0) is 9.59 Å². The molecule has 0 saturated heterocycles. The van der Waals surface area contributed by atoms with Crippen LogP contribution in [0.2, 0.25) is 0 Å². The van der Waals surface area contributed by atoms with Crippen molar-refractivity contribution < 1.29 is 18.2 Å². The first-order valence-electron chi connectivity index (χ1n) is 12.9. The molecule has 0 bridgehead atoms. The molecule has 0 saturated carbocycles. The zero-order valence-corrected chi connectivity index (χ0v) is 27.0. The van der Waals surface area contributed by atoms with Crippen molar-refractivity contribution in [1.82, 2.24) is 15.5 Å². The van der Waals surface area contributed by atoms with Crippen LogP contribution in [0.5, 0.6) is 0 Å². The van der Waals surface area contributed by atoms with Crippen molar-refractivity contribution >= 4 is 48.2 Å². The number of halogens is 3. The van der Waals surface area contributed by atoms with Gasteiger partial charge in [-0.2, -0.15) is 0 Å². The lowest BCUT2D eigenvalue weighted by molar-refractivity contribution is -0.116. The molecule has 11 heteroatoms. The lowest BCUT2D eigenvalue weighted by Gasteiger charge is -2.20. The Kier molecular flexibility index (Phi) is 23.4. The standard InChI is InChI=1S/C15H15BrFN3O2.C12H22FN2P.C2H6/c1-10(17)6-7-13(19-9-21)11(2)15(22)20-14-5-3-4-12(16)8-18-14;1-5-7-8-11(10-16(4)13)12(14)15(3)9-6-2;1-2/h3,5-9H,1,4H2,2H3,(H,19,21)(H,18,20,22);7-8,10,14H,5-6,9H2,1-4H3;1-2H3/b7-6-,13-11-;8-7-,11-10-,14-12?;. The Bertz CT molecular complexity index is 1060. The molecule has 1 heterocycles. The van der Waals surface area contributed by atoms with Crippen LogP contribution in [0.15, 0.2) is 87.2 Å². The molecule has 0 radical (unpaired) electrons. The van der Waals surface area contributed by atoms with Gasteiger partial charge in [0.15, 0.2) is 0 Å². The van der Waals surface area contributed by atoms with Gasteiger partial charge in [-0.3, -0.25) is 15.0 Å². The number of allylic oxidation sites excluding steroid dienone is 6. The summed E-state index contributed by atoms with van der Waals surface area (Å²) in [6.07, 6.45) is 14.2. The highest BCUT2D eigenvalue weighted by atomic mass is 79.9. The smallest absolute Gasteiger partial charge is 0.254 e. The fourth-order valence-corrected chi connectivity index (χ4v) is 3.61. The molecular formula is C29H43BrF2N5O2P. The van der Waals surface area contributed by atoms with Gasteiger partial charge in [0.1, 0.15) is 25.7 Å². The maximum atomic E-state index is 13.0. The van der Waals surface area contributed by atoms with Gasteiger partial charge in [0.2, 0.25) is 6.41 Å². The lowest BCUT2D eigenvalue weighted by atomic mass is 10.2. The second-order valence-corrected chi connectivity index (χ2v) is 10.2. The molecule has 0 fully saturated rings. The van der Waals surface area contributed by atoms with Crippen molar-refractivity contribution in [1.29, 1.82) is 5.41 Å². The molecule has 1 aliphatic rings. The summed E-state index contributed by atoms with van der Waals surface area (Å²) >= 11 is 3.32. The van der Waals surface area contributed by atoms with E-state index in [9.17, 15) is 18.2 Å². The Morgan fingerprint density at radius 1 is 1.30 bits per heavy atom. The molecule has 3 N–H and O–H groups in total. The number of amides is 2. The maximum Gasteiger partial charge on any atom is 0.254 e. The predicted octanol–water partition coefficient (Wildman–Crippen LogP) is 7.93. The van der Waals surface area contributed by atoms with Crippen LogP contribution in [0.4, 0.5) is 8.59 Å². The number of rotatable bonds is 11. The molecule has 0 aromatic rings. The molecule has 222 valence electrons. The van der Waals surface area contributed by atoms with Crippen molar-refractivity contribution in [3.05, 3.63) is 82.2 Å². The summed E-state index contributed by atoms with van der Waals surface area (Å²) < 4.78 is 26.6. The average Bonchev–Trinajstić information content (AvgIpc) is 3.13. The minimum absolute atomic E-state index is 0.168. The fraction of sp³-hybridized carbons (Fsp3) is 0.379. The summed E-state index contributed by atoms with van der Waals surface area (Å²) in [6, 6.07) is 0. The van der Waals surface area contributed by atoms with E-state index in [-0.39, 0.29) is 11.3 Å². The van der Waals surface area contributed by atoms with E-state index >= 15 is 0 Å². The lowest BCUT2D eigenvalue weighted by Crippen LogP contribution is -2.31. The van der Waals surface area contributed by atoms with Gasteiger partial charge in [-0.1, -0.05) is 68.4 Å². The number of likely N-dealkylation sites (N-methyl/N-ethyl adjacent to an activating group) is 1. The third kappa shape index (κ3) is 18.3. The topological polar surface area (TPSA) is 97.6 Å². The van der Waals surface area contributed by atoms with Gasteiger partial charge in [-0.05, 0) is 56.9 Å². The molecule has 7 nitrogen and oxygen atoms in total. The van der Waals surface area contributed by atoms with Crippen molar-refractivity contribution in [2.75, 3.05) is 20.3 Å². The summed E-state index contributed by atoms with van der Waals surface area (Å²) in [5.41, 5.74) is 1.06. The second kappa shape index (κ2) is 23.9. The second-order valence-electron chi connectivity index (χ2n) is 7.92. The van der Waals surface area contributed by atoms with E-state index in [1.54, 1.807) is 24.8 Å². The summed E-state index contributed by atoms with van der Waals surface area (Å²) in [7, 11) is 0.267. The number of hydrogen-bond acceptors (Lipinski definition) is 4. The molecule has 0 aliphatic carbocycles. The maximum absolute atomic E-state index is 13.0. The van der Waals surface area contributed by atoms with Gasteiger partial charge in [0.05, 0.1) is 0 Å². The third-order valence-electron chi connectivity index (χ3n) is 4.63. The van der Waals surface area contributed by atoms with Crippen molar-refractivity contribution in [2.45, 2.75) is 53.9 Å². The molecule has 1 aliphatic heterocycles. The Balaban J connectivity index is 0. The predicted molar refractivity (Wildman–Crippen MR) is 171 cm³/mol. The minimum Gasteiger partial charge on any atom is -0.360 e. The van der Waals surface area contributed by atoms with Crippen LogP contribution in [0.1, 0.15) is 53.9 Å². The monoisotopic (exact) mass is 641 g/mol. The zero-order chi connectivity index (χ0) is 31.1. The summed E-state index contributed by atoms with van der Waals surface area (Å²) in [5.74, 6) is 1.16. The zero-order valence-electron chi connectivity index (χ0n) is 24.5. The number of aliphatic imine (C=N–C) groups is 1. The average molecular weight is 643 g/mol. The molecule has 0 aromatic carbocycles. The van der Waals surface area contributed by atoms with E-state index in [1.807, 2.05) is 50.9 Å². The van der Waals surface area contributed by atoms with Crippen LogP contribution in [-0.4, -0.2) is 49.1 Å². The first kappa shape index (κ1) is 39.2. The number of carbonyl (C=O) groups is 2. The number of carbonyl (C=O) groups excluding carboxylic acids is 2. The summed E-state index contributed by atoms with van der Waals surface area (Å²) in [6.45, 7) is 15.0. The molecule has 1 rings (SSSR count). The normalized spacial score (nSPS) is 14.3. The largest absolute Gasteiger partial charge is 0.360 e. The highest BCUT2D eigenvalue weighted by Gasteiger charge is 2.11. The molecule has 0 aromatic heterocycles. The molecule has 0 spiro atoms. The first-order chi connectivity index (χ1) is 19.0. The van der Waals surface area contributed by atoms with Crippen LogP contribution in [0.25, 0.3) is 0 Å². The van der Waals surface area contributed by atoms with E-state index in [0.717, 1.165) is 29.9 Å². The highest BCUT2D eigenvalue weighted by molar-refractivity contribution is 9.11. The molecular weight excluding hydrogens is 599 g/mol. The quantitative estimate of drug-likeness (QED) is 0.0533. The SMILES string of the molecule is C=C(F)/C=C\C(NC=O)=C(/C)C(=O)NC1=NC=C(Br)CC=C1.CC.CC/C=C\C(=C\P(C)F)C(=N)N(C)CCC.